The van der Waals surface area contributed by atoms with Crippen molar-refractivity contribution >= 4 is 10.3 Å². The Hall–Kier alpha value is -1.86. The van der Waals surface area contributed by atoms with Gasteiger partial charge in [-0.2, -0.15) is 12.5 Å². The van der Waals surface area contributed by atoms with Gasteiger partial charge in [-0.25, -0.2) is 4.68 Å². The molecule has 0 saturated carbocycles. The third-order valence-corrected chi connectivity index (χ3v) is 2.75. The van der Waals surface area contributed by atoms with Crippen LogP contribution in [0.5, 0.6) is 0 Å². The van der Waals surface area contributed by atoms with Gasteiger partial charge >= 0.3 is 10.3 Å². The number of aromatic nitrogens is 2. The van der Waals surface area contributed by atoms with E-state index in [1.165, 1.54) is 0 Å². The first kappa shape index (κ1) is 10.7. The van der Waals surface area contributed by atoms with E-state index < -0.39 is 15.9 Å². The van der Waals surface area contributed by atoms with Gasteiger partial charge in [-0.1, -0.05) is 18.2 Å². The van der Waals surface area contributed by atoms with Crippen molar-refractivity contribution < 1.29 is 13.0 Å². The lowest BCUT2D eigenvalue weighted by Gasteiger charge is -2.07. The lowest BCUT2D eigenvalue weighted by molar-refractivity contribution is 0.458. The molecule has 0 fully saturated rings. The summed E-state index contributed by atoms with van der Waals surface area (Å²) in [6.45, 7) is 0. The molecule has 1 aromatic heterocycles. The van der Waals surface area contributed by atoms with Gasteiger partial charge in [0.1, 0.15) is 0 Å². The molecule has 0 radical (unpaired) electrons. The number of hydrogen-bond donors (Lipinski definition) is 1. The molecule has 0 aliphatic rings. The van der Waals surface area contributed by atoms with Gasteiger partial charge in [0.05, 0.1) is 5.69 Å². The van der Waals surface area contributed by atoms with E-state index in [2.05, 4.69) is 0 Å². The molecule has 2 aromatic rings. The van der Waals surface area contributed by atoms with Crippen LogP contribution in [-0.4, -0.2) is 21.7 Å². The summed E-state index contributed by atoms with van der Waals surface area (Å²) in [6, 6.07) is 9.22. The smallest absolute Gasteiger partial charge is 0.268 e. The molecule has 0 unspecified atom stereocenters. The second-order valence-corrected chi connectivity index (χ2v) is 4.32. The van der Waals surface area contributed by atoms with Gasteiger partial charge in [0.15, 0.2) is 0 Å². The zero-order valence-corrected chi connectivity index (χ0v) is 8.83. The van der Waals surface area contributed by atoms with Gasteiger partial charge in [-0.3, -0.25) is 9.35 Å². The summed E-state index contributed by atoms with van der Waals surface area (Å²) < 4.78 is 32.3. The molecule has 0 bridgehead atoms. The van der Waals surface area contributed by atoms with E-state index in [4.69, 9.17) is 4.55 Å². The molecule has 0 aliphatic heterocycles. The van der Waals surface area contributed by atoms with Gasteiger partial charge in [-0.15, -0.1) is 0 Å². The zero-order valence-electron chi connectivity index (χ0n) is 8.02. The molecule has 1 N–H and O–H groups in total. The molecule has 1 heterocycles. The fourth-order valence-corrected chi connectivity index (χ4v) is 1.95. The lowest BCUT2D eigenvalue weighted by Crippen LogP contribution is -2.25. The molecule has 0 saturated heterocycles. The highest BCUT2D eigenvalue weighted by Crippen LogP contribution is 2.05. The lowest BCUT2D eigenvalue weighted by atomic mass is 10.3. The van der Waals surface area contributed by atoms with Crippen LogP contribution in [0.15, 0.2) is 47.4 Å². The minimum absolute atomic E-state index is 0.357. The Bertz CT molecular complexity index is 654. The van der Waals surface area contributed by atoms with E-state index in [9.17, 15) is 13.2 Å². The molecular formula is C9H8N2O4S. The Morgan fingerprint density at radius 3 is 2.25 bits per heavy atom. The highest BCUT2D eigenvalue weighted by atomic mass is 32.2. The summed E-state index contributed by atoms with van der Waals surface area (Å²) >= 11 is 0. The van der Waals surface area contributed by atoms with Crippen molar-refractivity contribution in [3.8, 4) is 5.69 Å². The second-order valence-electron chi connectivity index (χ2n) is 3.05. The number of rotatable bonds is 2. The first-order chi connectivity index (χ1) is 7.50. The Morgan fingerprint density at radius 2 is 1.69 bits per heavy atom. The highest BCUT2D eigenvalue weighted by Gasteiger charge is 2.14. The van der Waals surface area contributed by atoms with E-state index in [0.29, 0.717) is 9.77 Å². The summed E-state index contributed by atoms with van der Waals surface area (Å²) in [4.78, 5) is 11.5. The van der Waals surface area contributed by atoms with Crippen LogP contribution in [0, 0.1) is 0 Å². The van der Waals surface area contributed by atoms with Gasteiger partial charge in [0, 0.05) is 12.3 Å². The van der Waals surface area contributed by atoms with Crippen LogP contribution < -0.4 is 5.56 Å². The second kappa shape index (κ2) is 3.62. The molecule has 6 nitrogen and oxygen atoms in total. The van der Waals surface area contributed by atoms with Gasteiger partial charge in [0.25, 0.3) is 5.56 Å². The average Bonchev–Trinajstić information content (AvgIpc) is 2.61. The minimum Gasteiger partial charge on any atom is -0.268 e. The van der Waals surface area contributed by atoms with Crippen molar-refractivity contribution in [1.82, 2.24) is 8.77 Å². The van der Waals surface area contributed by atoms with E-state index in [1.807, 2.05) is 0 Å². The maximum absolute atomic E-state index is 11.5. The Morgan fingerprint density at radius 1 is 1.06 bits per heavy atom. The standard InChI is InChI=1S/C9H8N2O4S/c12-9-6-7-10(16(13,14)15)11(9)8-4-2-1-3-5-8/h1-7H,(H,13,14,15). The van der Waals surface area contributed by atoms with Crippen molar-refractivity contribution in [3.63, 3.8) is 0 Å². The van der Waals surface area contributed by atoms with Crippen LogP contribution in [0.25, 0.3) is 5.69 Å². The van der Waals surface area contributed by atoms with E-state index >= 15 is 0 Å². The normalized spacial score (nSPS) is 11.6. The molecule has 1 aromatic carbocycles. The molecule has 0 atom stereocenters. The minimum atomic E-state index is -4.48. The van der Waals surface area contributed by atoms with Crippen molar-refractivity contribution in [2.24, 2.45) is 0 Å². The Labute approximate surface area is 91.2 Å². The average molecular weight is 240 g/mol. The van der Waals surface area contributed by atoms with E-state index in [-0.39, 0.29) is 0 Å². The van der Waals surface area contributed by atoms with E-state index in [0.717, 1.165) is 16.9 Å². The third-order valence-electron chi connectivity index (χ3n) is 1.99. The molecule has 7 heteroatoms. The highest BCUT2D eigenvalue weighted by molar-refractivity contribution is 7.84. The summed E-state index contributed by atoms with van der Waals surface area (Å²) in [7, 11) is -4.48. The maximum atomic E-state index is 11.5. The fourth-order valence-electron chi connectivity index (χ4n) is 1.35. The topological polar surface area (TPSA) is 81.3 Å². The third kappa shape index (κ3) is 1.77. The molecule has 0 aliphatic carbocycles. The predicted molar refractivity (Wildman–Crippen MR) is 57.0 cm³/mol. The van der Waals surface area contributed by atoms with Gasteiger partial charge in [0.2, 0.25) is 0 Å². The summed E-state index contributed by atoms with van der Waals surface area (Å²) in [5.74, 6) is 0. The number of para-hydroxylation sites is 1. The van der Waals surface area contributed by atoms with Crippen molar-refractivity contribution in [3.05, 3.63) is 52.9 Å². The molecule has 84 valence electrons. The van der Waals surface area contributed by atoms with Crippen LogP contribution in [0.4, 0.5) is 0 Å². The van der Waals surface area contributed by atoms with Gasteiger partial charge in [-0.05, 0) is 12.1 Å². The van der Waals surface area contributed by atoms with Crippen LogP contribution >= 0.6 is 0 Å². The van der Waals surface area contributed by atoms with Crippen LogP contribution in [0.1, 0.15) is 0 Å². The van der Waals surface area contributed by atoms with Gasteiger partial charge < -0.3 is 0 Å². The molecule has 16 heavy (non-hydrogen) atoms. The number of benzene rings is 1. The summed E-state index contributed by atoms with van der Waals surface area (Å²) in [6.07, 6.45) is 0.991. The van der Waals surface area contributed by atoms with Crippen molar-refractivity contribution in [2.75, 3.05) is 0 Å². The van der Waals surface area contributed by atoms with Crippen LogP contribution in [0.3, 0.4) is 0 Å². The monoisotopic (exact) mass is 240 g/mol. The number of hydrogen-bond acceptors (Lipinski definition) is 3. The van der Waals surface area contributed by atoms with Crippen LogP contribution in [0.2, 0.25) is 0 Å². The Kier molecular flexibility index (Phi) is 2.41. The summed E-state index contributed by atoms with van der Waals surface area (Å²) in [5, 5.41) is 0. The number of nitrogens with zero attached hydrogens (tertiary/aromatic N) is 2. The van der Waals surface area contributed by atoms with E-state index in [1.54, 1.807) is 30.3 Å². The predicted octanol–water partition coefficient (Wildman–Crippen LogP) is 0.290. The molecular weight excluding hydrogens is 232 g/mol. The van der Waals surface area contributed by atoms with Crippen molar-refractivity contribution in [1.29, 1.82) is 0 Å². The first-order valence-electron chi connectivity index (χ1n) is 4.34. The quantitative estimate of drug-likeness (QED) is 0.765. The molecule has 0 amide bonds. The first-order valence-corrected chi connectivity index (χ1v) is 5.74. The SMILES string of the molecule is O=c1ccn(S(=O)(=O)O)n1-c1ccccc1. The zero-order chi connectivity index (χ0) is 11.8. The molecule has 2 rings (SSSR count). The fraction of sp³-hybridized carbons (Fsp3) is 0. The van der Waals surface area contributed by atoms with Crippen LogP contribution in [-0.2, 0) is 10.3 Å². The van der Waals surface area contributed by atoms with Crippen molar-refractivity contribution in [2.45, 2.75) is 0 Å². The molecule has 0 spiro atoms. The Balaban J connectivity index is 2.76. The summed E-state index contributed by atoms with van der Waals surface area (Å²) in [5.41, 5.74) is -0.182. The maximum Gasteiger partial charge on any atom is 0.377 e. The largest absolute Gasteiger partial charge is 0.377 e.